The first kappa shape index (κ1) is 16.6. The normalized spacial score (nSPS) is 14.7. The lowest BCUT2D eigenvalue weighted by Gasteiger charge is -2.26. The summed E-state index contributed by atoms with van der Waals surface area (Å²) in [4.78, 5) is 24.7. The second-order valence-electron chi connectivity index (χ2n) is 5.10. The van der Waals surface area contributed by atoms with Gasteiger partial charge < -0.3 is 9.64 Å². The molecule has 22 heavy (non-hydrogen) atoms. The number of carbonyl (C=O) groups excluding carboxylic acids is 1. The van der Waals surface area contributed by atoms with E-state index in [1.54, 1.807) is 12.1 Å². The third-order valence-electron chi connectivity index (χ3n) is 3.69. The number of hydrogen-bond acceptors (Lipinski definition) is 5. The number of benzene rings is 1. The summed E-state index contributed by atoms with van der Waals surface area (Å²) in [6.45, 7) is 1.62. The van der Waals surface area contributed by atoms with Crippen molar-refractivity contribution in [2.45, 2.75) is 19.3 Å². The van der Waals surface area contributed by atoms with Gasteiger partial charge in [-0.05, 0) is 25.0 Å². The van der Waals surface area contributed by atoms with Crippen LogP contribution in [-0.4, -0.2) is 47.4 Å². The average molecular weight is 324 g/mol. The molecule has 1 aromatic carbocycles. The third kappa shape index (κ3) is 4.37. The fraction of sp³-hybridized carbons (Fsp3) is 0.533. The summed E-state index contributed by atoms with van der Waals surface area (Å²) in [5.41, 5.74) is 0.703. The molecule has 0 radical (unpaired) electrons. The number of hydrogen-bond donors (Lipinski definition) is 0. The molecule has 1 fully saturated rings. The Kier molecular flexibility index (Phi) is 6.06. The molecule has 0 bridgehead atoms. The van der Waals surface area contributed by atoms with Crippen LogP contribution < -0.4 is 4.74 Å². The predicted octanol–water partition coefficient (Wildman–Crippen LogP) is 2.50. The number of nitrogens with zero attached hydrogens (tertiary/aromatic N) is 2. The fourth-order valence-electron chi connectivity index (χ4n) is 2.45. The highest BCUT2D eigenvalue weighted by molar-refractivity contribution is 7.99. The van der Waals surface area contributed by atoms with Crippen LogP contribution in [0.1, 0.15) is 18.4 Å². The van der Waals surface area contributed by atoms with E-state index in [-0.39, 0.29) is 11.6 Å². The zero-order valence-electron chi connectivity index (χ0n) is 12.6. The first-order chi connectivity index (χ1) is 10.6. The fourth-order valence-corrected chi connectivity index (χ4v) is 3.36. The zero-order chi connectivity index (χ0) is 15.9. The molecule has 2 rings (SSSR count). The van der Waals surface area contributed by atoms with Crippen molar-refractivity contribution >= 4 is 23.4 Å². The van der Waals surface area contributed by atoms with Gasteiger partial charge >= 0.3 is 0 Å². The Labute approximate surface area is 134 Å². The largest absolute Gasteiger partial charge is 0.497 e. The van der Waals surface area contributed by atoms with E-state index in [0.29, 0.717) is 30.6 Å². The molecule has 0 N–H and O–H groups in total. The van der Waals surface area contributed by atoms with Gasteiger partial charge in [-0.3, -0.25) is 14.9 Å². The zero-order valence-corrected chi connectivity index (χ0v) is 13.4. The minimum absolute atomic E-state index is 0.0566. The van der Waals surface area contributed by atoms with E-state index in [4.69, 9.17) is 4.74 Å². The molecule has 0 atom stereocenters. The van der Waals surface area contributed by atoms with Crippen molar-refractivity contribution in [2.75, 3.05) is 31.7 Å². The molecule has 1 saturated heterocycles. The average Bonchev–Trinajstić information content (AvgIpc) is 2.55. The number of aryl methyl sites for hydroxylation is 1. The minimum Gasteiger partial charge on any atom is -0.497 e. The number of carbonyl (C=O) groups is 1. The monoisotopic (exact) mass is 324 g/mol. The Hall–Kier alpha value is -1.76. The van der Waals surface area contributed by atoms with Gasteiger partial charge in [0.25, 0.3) is 5.69 Å². The van der Waals surface area contributed by atoms with Gasteiger partial charge in [0.2, 0.25) is 5.91 Å². The lowest BCUT2D eigenvalue weighted by Crippen LogP contribution is -2.37. The highest BCUT2D eigenvalue weighted by Crippen LogP contribution is 2.26. The van der Waals surface area contributed by atoms with Gasteiger partial charge in [-0.1, -0.05) is 0 Å². The summed E-state index contributed by atoms with van der Waals surface area (Å²) in [5, 5.41) is 11.1. The van der Waals surface area contributed by atoms with E-state index in [9.17, 15) is 14.9 Å². The van der Waals surface area contributed by atoms with Crippen LogP contribution in [0.3, 0.4) is 0 Å². The predicted molar refractivity (Wildman–Crippen MR) is 86.5 cm³/mol. The Morgan fingerprint density at radius 2 is 2.14 bits per heavy atom. The maximum Gasteiger partial charge on any atom is 0.276 e. The molecule has 6 nitrogen and oxygen atoms in total. The van der Waals surface area contributed by atoms with Crippen molar-refractivity contribution in [1.82, 2.24) is 4.90 Å². The molecule has 0 aromatic heterocycles. The van der Waals surface area contributed by atoms with Gasteiger partial charge in [-0.25, -0.2) is 0 Å². The van der Waals surface area contributed by atoms with E-state index in [0.717, 1.165) is 24.6 Å². The van der Waals surface area contributed by atoms with Gasteiger partial charge in [0.05, 0.1) is 18.1 Å². The van der Waals surface area contributed by atoms with Gasteiger partial charge in [0.1, 0.15) is 5.75 Å². The molecular formula is C15H20N2O4S. The number of methoxy groups -OCH3 is 1. The Morgan fingerprint density at radius 1 is 1.41 bits per heavy atom. The molecular weight excluding hydrogens is 304 g/mol. The van der Waals surface area contributed by atoms with Crippen LogP contribution in [0.4, 0.5) is 5.69 Å². The molecule has 0 unspecified atom stereocenters. The van der Waals surface area contributed by atoms with Crippen molar-refractivity contribution in [2.24, 2.45) is 0 Å². The number of amides is 1. The van der Waals surface area contributed by atoms with Crippen LogP contribution in [0.2, 0.25) is 0 Å². The van der Waals surface area contributed by atoms with Crippen LogP contribution in [0.15, 0.2) is 18.2 Å². The molecule has 1 aromatic rings. The number of thioether (sulfide) groups is 1. The Bertz CT molecular complexity index is 544. The summed E-state index contributed by atoms with van der Waals surface area (Å²) in [5.74, 6) is 2.61. The molecule has 120 valence electrons. The Morgan fingerprint density at radius 3 is 2.77 bits per heavy atom. The van der Waals surface area contributed by atoms with Crippen LogP contribution in [0.5, 0.6) is 5.75 Å². The second-order valence-corrected chi connectivity index (χ2v) is 6.32. The van der Waals surface area contributed by atoms with Crippen molar-refractivity contribution in [3.63, 3.8) is 0 Å². The summed E-state index contributed by atoms with van der Waals surface area (Å²) in [6, 6.07) is 4.85. The third-order valence-corrected chi connectivity index (χ3v) is 4.63. The first-order valence-electron chi connectivity index (χ1n) is 7.28. The summed E-state index contributed by atoms with van der Waals surface area (Å²) < 4.78 is 5.01. The van der Waals surface area contributed by atoms with Crippen molar-refractivity contribution in [1.29, 1.82) is 0 Å². The van der Waals surface area contributed by atoms with E-state index in [1.807, 2.05) is 16.7 Å². The van der Waals surface area contributed by atoms with Crippen LogP contribution in [0, 0.1) is 10.1 Å². The second kappa shape index (κ2) is 8.03. The summed E-state index contributed by atoms with van der Waals surface area (Å²) in [7, 11) is 1.48. The van der Waals surface area contributed by atoms with E-state index >= 15 is 0 Å². The first-order valence-corrected chi connectivity index (χ1v) is 8.44. The van der Waals surface area contributed by atoms with Gasteiger partial charge in [0, 0.05) is 36.6 Å². The van der Waals surface area contributed by atoms with E-state index < -0.39 is 4.92 Å². The lowest BCUT2D eigenvalue weighted by molar-refractivity contribution is -0.385. The van der Waals surface area contributed by atoms with Crippen LogP contribution in [-0.2, 0) is 11.2 Å². The van der Waals surface area contributed by atoms with E-state index in [2.05, 4.69) is 0 Å². The van der Waals surface area contributed by atoms with Crippen molar-refractivity contribution in [3.8, 4) is 5.75 Å². The smallest absolute Gasteiger partial charge is 0.276 e. The topological polar surface area (TPSA) is 72.7 Å². The minimum atomic E-state index is -0.401. The number of ether oxygens (including phenoxy) is 1. The molecule has 0 aliphatic carbocycles. The molecule has 7 heteroatoms. The molecule has 1 aliphatic heterocycles. The van der Waals surface area contributed by atoms with Gasteiger partial charge in [0.15, 0.2) is 0 Å². The molecule has 0 saturated carbocycles. The Balaban J connectivity index is 1.90. The standard InChI is InChI=1S/C15H20N2O4S/c1-21-13-6-5-12(14(11-13)17(19)20)3-2-4-15(18)16-7-9-22-10-8-16/h5-6,11H,2-4,7-10H2,1H3. The highest BCUT2D eigenvalue weighted by atomic mass is 32.2. The molecule has 0 spiro atoms. The summed E-state index contributed by atoms with van der Waals surface area (Å²) in [6.07, 6.45) is 1.58. The number of rotatable bonds is 6. The summed E-state index contributed by atoms with van der Waals surface area (Å²) >= 11 is 1.86. The maximum absolute atomic E-state index is 12.1. The number of nitro benzene ring substituents is 1. The van der Waals surface area contributed by atoms with Gasteiger partial charge in [-0.15, -0.1) is 0 Å². The highest BCUT2D eigenvalue weighted by Gasteiger charge is 2.18. The van der Waals surface area contributed by atoms with Crippen LogP contribution in [0.25, 0.3) is 0 Å². The number of nitro groups is 1. The van der Waals surface area contributed by atoms with Crippen molar-refractivity contribution < 1.29 is 14.5 Å². The lowest BCUT2D eigenvalue weighted by atomic mass is 10.1. The van der Waals surface area contributed by atoms with Crippen LogP contribution >= 0.6 is 11.8 Å². The maximum atomic E-state index is 12.1. The van der Waals surface area contributed by atoms with E-state index in [1.165, 1.54) is 13.2 Å². The van der Waals surface area contributed by atoms with Crippen molar-refractivity contribution in [3.05, 3.63) is 33.9 Å². The van der Waals surface area contributed by atoms with Gasteiger partial charge in [-0.2, -0.15) is 11.8 Å². The molecule has 1 aliphatic rings. The SMILES string of the molecule is COc1ccc(CCCC(=O)N2CCSCC2)c([N+](=O)[O-])c1. The quantitative estimate of drug-likeness (QED) is 0.594. The molecule has 1 heterocycles. The molecule has 1 amide bonds.